The Morgan fingerprint density at radius 3 is 2.23 bits per heavy atom. The summed E-state index contributed by atoms with van der Waals surface area (Å²) in [4.78, 5) is 23.8. The van der Waals surface area contributed by atoms with E-state index in [1.54, 1.807) is 24.3 Å². The van der Waals surface area contributed by atoms with Gasteiger partial charge in [0.05, 0.1) is 5.25 Å². The third kappa shape index (κ3) is 4.71. The molecule has 0 spiro atoms. The highest BCUT2D eigenvalue weighted by molar-refractivity contribution is 8.00. The Bertz CT molecular complexity index is 1050. The van der Waals surface area contributed by atoms with Crippen molar-refractivity contribution < 1.29 is 9.59 Å². The van der Waals surface area contributed by atoms with E-state index < -0.39 is 0 Å². The minimum Gasteiger partial charge on any atom is -0.326 e. The zero-order valence-electron chi connectivity index (χ0n) is 16.8. The molecule has 2 amide bonds. The van der Waals surface area contributed by atoms with Crippen molar-refractivity contribution in [1.82, 2.24) is 14.8 Å². The summed E-state index contributed by atoms with van der Waals surface area (Å²) in [7, 11) is 0. The van der Waals surface area contributed by atoms with Crippen molar-refractivity contribution in [3.63, 3.8) is 0 Å². The van der Waals surface area contributed by atoms with E-state index in [9.17, 15) is 9.59 Å². The van der Waals surface area contributed by atoms with Crippen LogP contribution in [0.2, 0.25) is 0 Å². The van der Waals surface area contributed by atoms with E-state index in [4.69, 9.17) is 0 Å². The predicted octanol–water partition coefficient (Wildman–Crippen LogP) is 4.22. The molecule has 0 saturated heterocycles. The molecular formula is C22H23N5O2S. The third-order valence-electron chi connectivity index (χ3n) is 4.74. The van der Waals surface area contributed by atoms with Gasteiger partial charge >= 0.3 is 0 Å². The molecule has 2 N–H and O–H groups in total. The van der Waals surface area contributed by atoms with Crippen molar-refractivity contribution in [3.05, 3.63) is 60.4 Å². The van der Waals surface area contributed by atoms with Gasteiger partial charge in [-0.15, -0.1) is 10.2 Å². The maximum atomic E-state index is 12.7. The molecule has 4 rings (SSSR count). The standard InChI is InChI=1S/C22H23N5O2S/c1-14(21(29)24-18-12-10-17(11-13-18)23-15(2)28)30-22-26-25-20(16-8-9-16)27(22)19-6-4-3-5-7-19/h3-7,10-14,16H,8-9H2,1-2H3,(H,23,28)(H,24,29)/t14-/m0/s1. The largest absolute Gasteiger partial charge is 0.326 e. The zero-order valence-corrected chi connectivity index (χ0v) is 17.6. The Labute approximate surface area is 179 Å². The second kappa shape index (κ2) is 8.71. The Kier molecular flexibility index (Phi) is 5.85. The Balaban J connectivity index is 1.46. The first-order valence-electron chi connectivity index (χ1n) is 9.87. The number of hydrogen-bond acceptors (Lipinski definition) is 5. The van der Waals surface area contributed by atoms with Crippen molar-refractivity contribution >= 4 is 35.0 Å². The highest BCUT2D eigenvalue weighted by atomic mass is 32.2. The van der Waals surface area contributed by atoms with E-state index in [0.29, 0.717) is 22.4 Å². The number of aromatic nitrogens is 3. The van der Waals surface area contributed by atoms with Crippen molar-refractivity contribution in [3.8, 4) is 5.69 Å². The maximum absolute atomic E-state index is 12.7. The quantitative estimate of drug-likeness (QED) is 0.558. The number of amides is 2. The molecule has 2 aromatic carbocycles. The van der Waals surface area contributed by atoms with Gasteiger partial charge in [-0.2, -0.15) is 0 Å². The molecule has 1 aromatic heterocycles. The van der Waals surface area contributed by atoms with Gasteiger partial charge in [0.25, 0.3) is 0 Å². The minimum absolute atomic E-state index is 0.122. The van der Waals surface area contributed by atoms with Crippen molar-refractivity contribution in [2.24, 2.45) is 0 Å². The lowest BCUT2D eigenvalue weighted by Crippen LogP contribution is -2.23. The van der Waals surface area contributed by atoms with Crippen LogP contribution in [0.4, 0.5) is 11.4 Å². The third-order valence-corrected chi connectivity index (χ3v) is 5.78. The number of hydrogen-bond donors (Lipinski definition) is 2. The van der Waals surface area contributed by atoms with E-state index in [1.807, 2.05) is 37.3 Å². The average Bonchev–Trinajstić information content (AvgIpc) is 3.50. The van der Waals surface area contributed by atoms with Gasteiger partial charge in [0.1, 0.15) is 5.82 Å². The van der Waals surface area contributed by atoms with Crippen LogP contribution in [0.5, 0.6) is 0 Å². The number of anilines is 2. The minimum atomic E-state index is -0.362. The lowest BCUT2D eigenvalue weighted by atomic mass is 10.2. The Morgan fingerprint density at radius 1 is 1.00 bits per heavy atom. The predicted molar refractivity (Wildman–Crippen MR) is 118 cm³/mol. The fourth-order valence-electron chi connectivity index (χ4n) is 3.08. The summed E-state index contributed by atoms with van der Waals surface area (Å²) in [6.07, 6.45) is 2.25. The van der Waals surface area contributed by atoms with Gasteiger partial charge in [-0.1, -0.05) is 30.0 Å². The van der Waals surface area contributed by atoms with Crippen molar-refractivity contribution in [2.75, 3.05) is 10.6 Å². The summed E-state index contributed by atoms with van der Waals surface area (Å²) in [5, 5.41) is 14.8. The summed E-state index contributed by atoms with van der Waals surface area (Å²) < 4.78 is 2.06. The molecule has 1 heterocycles. The zero-order chi connectivity index (χ0) is 21.1. The van der Waals surface area contributed by atoms with E-state index in [-0.39, 0.29) is 17.1 Å². The van der Waals surface area contributed by atoms with E-state index in [1.165, 1.54) is 18.7 Å². The highest BCUT2D eigenvalue weighted by Gasteiger charge is 2.31. The van der Waals surface area contributed by atoms with Crippen LogP contribution in [0.1, 0.15) is 38.4 Å². The van der Waals surface area contributed by atoms with Gasteiger partial charge in [0, 0.05) is 29.9 Å². The number of para-hydroxylation sites is 1. The first-order valence-corrected chi connectivity index (χ1v) is 10.7. The number of nitrogens with zero attached hydrogens (tertiary/aromatic N) is 3. The van der Waals surface area contributed by atoms with Gasteiger partial charge < -0.3 is 10.6 Å². The van der Waals surface area contributed by atoms with Crippen LogP contribution >= 0.6 is 11.8 Å². The molecule has 0 unspecified atom stereocenters. The van der Waals surface area contributed by atoms with Gasteiger partial charge in [0.15, 0.2) is 5.16 Å². The molecule has 0 radical (unpaired) electrons. The van der Waals surface area contributed by atoms with E-state index in [2.05, 4.69) is 25.4 Å². The summed E-state index contributed by atoms with van der Waals surface area (Å²) in [6.45, 7) is 3.31. The average molecular weight is 422 g/mol. The number of benzene rings is 2. The van der Waals surface area contributed by atoms with E-state index in [0.717, 1.165) is 24.4 Å². The van der Waals surface area contributed by atoms with Gasteiger partial charge in [0.2, 0.25) is 11.8 Å². The van der Waals surface area contributed by atoms with Crippen LogP contribution in [-0.2, 0) is 9.59 Å². The first kappa shape index (κ1) is 20.2. The second-order valence-corrected chi connectivity index (χ2v) is 8.60. The lowest BCUT2D eigenvalue weighted by molar-refractivity contribution is -0.115. The van der Waals surface area contributed by atoms with Crippen LogP contribution in [-0.4, -0.2) is 31.8 Å². The van der Waals surface area contributed by atoms with Crippen LogP contribution in [0.15, 0.2) is 59.8 Å². The normalized spacial score (nSPS) is 14.2. The highest BCUT2D eigenvalue weighted by Crippen LogP contribution is 2.41. The molecule has 1 fully saturated rings. The van der Waals surface area contributed by atoms with Crippen molar-refractivity contribution in [2.45, 2.75) is 43.0 Å². The van der Waals surface area contributed by atoms with Crippen LogP contribution in [0.3, 0.4) is 0 Å². The van der Waals surface area contributed by atoms with Crippen LogP contribution in [0, 0.1) is 0 Å². The van der Waals surface area contributed by atoms with Crippen LogP contribution in [0.25, 0.3) is 5.69 Å². The molecule has 154 valence electrons. The molecule has 0 bridgehead atoms. The monoisotopic (exact) mass is 421 g/mol. The first-order chi connectivity index (χ1) is 14.5. The second-order valence-electron chi connectivity index (χ2n) is 7.29. The number of carbonyl (C=O) groups is 2. The molecule has 30 heavy (non-hydrogen) atoms. The van der Waals surface area contributed by atoms with Crippen LogP contribution < -0.4 is 10.6 Å². The van der Waals surface area contributed by atoms with Crippen molar-refractivity contribution in [1.29, 1.82) is 0 Å². The number of thioether (sulfide) groups is 1. The number of nitrogens with one attached hydrogen (secondary N) is 2. The SMILES string of the molecule is CC(=O)Nc1ccc(NC(=O)[C@H](C)Sc2nnc(C3CC3)n2-c2ccccc2)cc1. The maximum Gasteiger partial charge on any atom is 0.237 e. The summed E-state index contributed by atoms with van der Waals surface area (Å²) in [6, 6.07) is 17.0. The molecular weight excluding hydrogens is 398 g/mol. The van der Waals surface area contributed by atoms with Gasteiger partial charge in [-0.05, 0) is 56.2 Å². The molecule has 0 aliphatic heterocycles. The van der Waals surface area contributed by atoms with E-state index >= 15 is 0 Å². The topological polar surface area (TPSA) is 88.9 Å². The Morgan fingerprint density at radius 2 is 1.63 bits per heavy atom. The van der Waals surface area contributed by atoms with Gasteiger partial charge in [-0.25, -0.2) is 0 Å². The lowest BCUT2D eigenvalue weighted by Gasteiger charge is -2.14. The number of carbonyl (C=O) groups excluding carboxylic acids is 2. The fourth-order valence-corrected chi connectivity index (χ4v) is 3.95. The fraction of sp³-hybridized carbons (Fsp3) is 0.273. The smallest absolute Gasteiger partial charge is 0.237 e. The van der Waals surface area contributed by atoms with Gasteiger partial charge in [-0.3, -0.25) is 14.2 Å². The molecule has 1 aliphatic rings. The molecule has 1 saturated carbocycles. The molecule has 7 nitrogen and oxygen atoms in total. The molecule has 1 atom stereocenters. The summed E-state index contributed by atoms with van der Waals surface area (Å²) >= 11 is 1.39. The number of rotatable bonds is 7. The summed E-state index contributed by atoms with van der Waals surface area (Å²) in [5.41, 5.74) is 2.37. The molecule has 1 aliphatic carbocycles. The molecule has 3 aromatic rings. The Hall–Kier alpha value is -3.13. The molecule has 8 heteroatoms. The summed E-state index contributed by atoms with van der Waals surface area (Å²) in [5.74, 6) is 1.15.